The molecule has 0 bridgehead atoms. The molecule has 1 atom stereocenters. The van der Waals surface area contributed by atoms with Gasteiger partial charge in [-0.05, 0) is 37.1 Å². The maximum atomic E-state index is 13.0. The van der Waals surface area contributed by atoms with Crippen LogP contribution in [0.25, 0.3) is 0 Å². The Balaban J connectivity index is 1.84. The summed E-state index contributed by atoms with van der Waals surface area (Å²) in [6.45, 7) is 3.93. The quantitative estimate of drug-likeness (QED) is 0.836. The minimum Gasteiger partial charge on any atom is -0.354 e. The third-order valence-electron chi connectivity index (χ3n) is 3.92. The summed E-state index contributed by atoms with van der Waals surface area (Å²) < 4.78 is 25.1. The number of amides is 1. The summed E-state index contributed by atoms with van der Waals surface area (Å²) in [6.07, 6.45) is 0. The van der Waals surface area contributed by atoms with Crippen molar-refractivity contribution in [2.45, 2.75) is 25.0 Å². The van der Waals surface area contributed by atoms with E-state index >= 15 is 0 Å². The van der Waals surface area contributed by atoms with Crippen molar-refractivity contribution in [1.29, 1.82) is 0 Å². The van der Waals surface area contributed by atoms with E-state index in [9.17, 15) is 13.4 Å². The van der Waals surface area contributed by atoms with E-state index in [1.165, 1.54) is 12.1 Å². The predicted octanol–water partition coefficient (Wildman–Crippen LogP) is 3.17. The molecule has 2 rings (SSSR count). The Kier molecular flexibility index (Phi) is 6.26. The molecule has 24 heavy (non-hydrogen) atoms. The Bertz CT molecular complexity index is 699. The Morgan fingerprint density at radius 3 is 2.33 bits per heavy atom. The lowest BCUT2D eigenvalue weighted by atomic mass is 9.84. The molecule has 2 aromatic rings. The molecule has 0 heterocycles. The zero-order valence-corrected chi connectivity index (χ0v) is 14.7. The molecule has 128 valence electrons. The second kappa shape index (κ2) is 8.20. The first-order valence-electron chi connectivity index (χ1n) is 7.83. The van der Waals surface area contributed by atoms with Crippen LogP contribution in [0, 0.1) is 5.82 Å². The maximum absolute atomic E-state index is 13.0. The van der Waals surface area contributed by atoms with Crippen molar-refractivity contribution in [3.63, 3.8) is 0 Å². The molecule has 0 aliphatic heterocycles. The average Bonchev–Trinajstić information content (AvgIpc) is 2.56. The topological polar surface area (TPSA) is 46.2 Å². The van der Waals surface area contributed by atoms with Gasteiger partial charge in [0.2, 0.25) is 5.91 Å². The monoisotopic (exact) mass is 347 g/mol. The largest absolute Gasteiger partial charge is 0.354 e. The van der Waals surface area contributed by atoms with Crippen LogP contribution in [0.1, 0.15) is 25.0 Å². The van der Waals surface area contributed by atoms with Gasteiger partial charge in [0.25, 0.3) is 0 Å². The lowest BCUT2D eigenvalue weighted by molar-refractivity contribution is -0.125. The average molecular weight is 347 g/mol. The van der Waals surface area contributed by atoms with Crippen LogP contribution in [0.5, 0.6) is 0 Å². The van der Waals surface area contributed by atoms with E-state index in [1.807, 2.05) is 30.3 Å². The third kappa shape index (κ3) is 4.99. The first kappa shape index (κ1) is 18.3. The number of benzene rings is 2. The van der Waals surface area contributed by atoms with E-state index < -0.39 is 16.2 Å². The van der Waals surface area contributed by atoms with E-state index in [0.717, 1.165) is 11.1 Å². The molecule has 0 spiro atoms. The molecule has 5 heteroatoms. The van der Waals surface area contributed by atoms with Gasteiger partial charge in [0.1, 0.15) is 5.82 Å². The van der Waals surface area contributed by atoms with E-state index in [1.54, 1.807) is 26.0 Å². The predicted molar refractivity (Wildman–Crippen MR) is 95.6 cm³/mol. The molecule has 0 aliphatic rings. The zero-order valence-electron chi connectivity index (χ0n) is 13.9. The highest BCUT2D eigenvalue weighted by molar-refractivity contribution is 7.84. The zero-order chi connectivity index (χ0) is 17.6. The van der Waals surface area contributed by atoms with Crippen LogP contribution in [0.3, 0.4) is 0 Å². The van der Waals surface area contributed by atoms with Gasteiger partial charge < -0.3 is 5.32 Å². The van der Waals surface area contributed by atoms with Crippen LogP contribution in [0.15, 0.2) is 54.6 Å². The van der Waals surface area contributed by atoms with Gasteiger partial charge in [-0.1, -0.05) is 42.5 Å². The summed E-state index contributed by atoms with van der Waals surface area (Å²) in [5.74, 6) is 0.398. The number of carbonyl (C=O) groups excluding carboxylic acids is 1. The third-order valence-corrected chi connectivity index (χ3v) is 5.23. The lowest BCUT2D eigenvalue weighted by Crippen LogP contribution is -2.41. The normalized spacial score (nSPS) is 12.6. The Labute approximate surface area is 144 Å². The first-order valence-corrected chi connectivity index (χ1v) is 9.31. The molecular weight excluding hydrogens is 325 g/mol. The molecule has 3 nitrogen and oxygen atoms in total. The Hall–Kier alpha value is -2.01. The fourth-order valence-electron chi connectivity index (χ4n) is 2.33. The standard InChI is InChI=1S/C19H22FNO2S/c1-19(2,16-8-10-17(20)11-9-16)18(22)21-12-13-24(23)14-15-6-4-3-5-7-15/h3-11H,12-14H2,1-2H3,(H,21,22). The van der Waals surface area contributed by atoms with Crippen molar-refractivity contribution in [2.24, 2.45) is 0 Å². The lowest BCUT2D eigenvalue weighted by Gasteiger charge is -2.24. The van der Waals surface area contributed by atoms with Crippen LogP contribution in [-0.4, -0.2) is 22.4 Å². The number of hydrogen-bond acceptors (Lipinski definition) is 2. The molecule has 0 aliphatic carbocycles. The molecule has 1 unspecified atom stereocenters. The Morgan fingerprint density at radius 1 is 1.08 bits per heavy atom. The van der Waals surface area contributed by atoms with Crippen LogP contribution < -0.4 is 5.32 Å². The van der Waals surface area contributed by atoms with Crippen LogP contribution in [-0.2, 0) is 26.8 Å². The number of hydrogen-bond donors (Lipinski definition) is 1. The van der Waals surface area contributed by atoms with Gasteiger partial charge in [-0.2, -0.15) is 0 Å². The number of rotatable bonds is 7. The molecule has 2 aromatic carbocycles. The number of carbonyl (C=O) groups is 1. The summed E-state index contributed by atoms with van der Waals surface area (Å²) >= 11 is 0. The fraction of sp³-hybridized carbons (Fsp3) is 0.316. The molecule has 0 radical (unpaired) electrons. The van der Waals surface area contributed by atoms with Crippen molar-refractivity contribution < 1.29 is 13.4 Å². The molecule has 0 aromatic heterocycles. The van der Waals surface area contributed by atoms with Gasteiger partial charge in [0.05, 0.1) is 5.41 Å². The van der Waals surface area contributed by atoms with E-state index in [0.29, 0.717) is 18.1 Å². The fourth-order valence-corrected chi connectivity index (χ4v) is 3.37. The molecule has 1 amide bonds. The van der Waals surface area contributed by atoms with E-state index in [-0.39, 0.29) is 11.7 Å². The Morgan fingerprint density at radius 2 is 1.71 bits per heavy atom. The minimum absolute atomic E-state index is 0.161. The van der Waals surface area contributed by atoms with Crippen molar-refractivity contribution in [1.82, 2.24) is 5.32 Å². The SMILES string of the molecule is CC(C)(C(=O)NCCS(=O)Cc1ccccc1)c1ccc(F)cc1. The summed E-state index contributed by atoms with van der Waals surface area (Å²) in [4.78, 5) is 12.4. The highest BCUT2D eigenvalue weighted by atomic mass is 32.2. The molecule has 0 saturated heterocycles. The summed E-state index contributed by atoms with van der Waals surface area (Å²) in [7, 11) is -1.03. The minimum atomic E-state index is -1.03. The number of nitrogens with one attached hydrogen (secondary N) is 1. The molecular formula is C19H22FNO2S. The maximum Gasteiger partial charge on any atom is 0.230 e. The van der Waals surface area contributed by atoms with Gasteiger partial charge in [0, 0.05) is 28.9 Å². The first-order chi connectivity index (χ1) is 11.4. The highest BCUT2D eigenvalue weighted by Crippen LogP contribution is 2.23. The summed E-state index contributed by atoms with van der Waals surface area (Å²) in [6, 6.07) is 15.6. The van der Waals surface area contributed by atoms with Gasteiger partial charge >= 0.3 is 0 Å². The van der Waals surface area contributed by atoms with Crippen LogP contribution in [0.4, 0.5) is 4.39 Å². The van der Waals surface area contributed by atoms with Crippen LogP contribution in [0.2, 0.25) is 0 Å². The smallest absolute Gasteiger partial charge is 0.230 e. The van der Waals surface area contributed by atoms with Crippen molar-refractivity contribution >= 4 is 16.7 Å². The second-order valence-electron chi connectivity index (χ2n) is 6.16. The van der Waals surface area contributed by atoms with Gasteiger partial charge in [-0.15, -0.1) is 0 Å². The molecule has 0 fully saturated rings. The van der Waals surface area contributed by atoms with Crippen molar-refractivity contribution in [2.75, 3.05) is 12.3 Å². The summed E-state index contributed by atoms with van der Waals surface area (Å²) in [5, 5.41) is 2.83. The number of halogens is 1. The van der Waals surface area contributed by atoms with E-state index in [4.69, 9.17) is 0 Å². The van der Waals surface area contributed by atoms with Crippen LogP contribution >= 0.6 is 0 Å². The van der Waals surface area contributed by atoms with Crippen molar-refractivity contribution in [3.8, 4) is 0 Å². The van der Waals surface area contributed by atoms with Gasteiger partial charge in [-0.25, -0.2) is 4.39 Å². The van der Waals surface area contributed by atoms with Gasteiger partial charge in [-0.3, -0.25) is 9.00 Å². The van der Waals surface area contributed by atoms with Crippen molar-refractivity contribution in [3.05, 3.63) is 71.5 Å². The molecule has 0 saturated carbocycles. The highest BCUT2D eigenvalue weighted by Gasteiger charge is 2.29. The second-order valence-corrected chi connectivity index (χ2v) is 7.74. The van der Waals surface area contributed by atoms with Gasteiger partial charge in [0.15, 0.2) is 0 Å². The van der Waals surface area contributed by atoms with E-state index in [2.05, 4.69) is 5.32 Å². The summed E-state index contributed by atoms with van der Waals surface area (Å²) in [5.41, 5.74) is 0.995. The molecule has 1 N–H and O–H groups in total.